The summed E-state index contributed by atoms with van der Waals surface area (Å²) in [5, 5.41) is 10.5. The zero-order chi connectivity index (χ0) is 21.3. The number of halogens is 3. The molecule has 4 rings (SSSR count). The van der Waals surface area contributed by atoms with E-state index >= 15 is 0 Å². The molecule has 0 radical (unpaired) electrons. The summed E-state index contributed by atoms with van der Waals surface area (Å²) in [4.78, 5) is 16.3. The number of benzene rings is 1. The average molecular weight is 418 g/mol. The number of carbonyl (C=O) groups excluding carboxylic acids is 1. The number of amides is 1. The van der Waals surface area contributed by atoms with Gasteiger partial charge in [-0.15, -0.1) is 5.10 Å². The summed E-state index contributed by atoms with van der Waals surface area (Å²) >= 11 is 0. The van der Waals surface area contributed by atoms with Crippen LogP contribution >= 0.6 is 0 Å². The van der Waals surface area contributed by atoms with Gasteiger partial charge < -0.3 is 0 Å². The molecule has 3 aromatic rings. The summed E-state index contributed by atoms with van der Waals surface area (Å²) in [6, 6.07) is 9.08. The highest BCUT2D eigenvalue weighted by atomic mass is 19.4. The molecular weight excluding hydrogens is 397 g/mol. The maximum atomic E-state index is 13.0. The van der Waals surface area contributed by atoms with Crippen LogP contribution in [0, 0.1) is 6.92 Å². The Morgan fingerprint density at radius 3 is 2.60 bits per heavy atom. The Morgan fingerprint density at radius 2 is 1.93 bits per heavy atom. The molecule has 30 heavy (non-hydrogen) atoms. The van der Waals surface area contributed by atoms with Crippen molar-refractivity contribution >= 4 is 11.9 Å². The molecule has 1 N–H and O–H groups in total. The molecular formula is C20H21F3N6O. The van der Waals surface area contributed by atoms with Crippen LogP contribution < -0.4 is 5.32 Å². The molecule has 0 aliphatic heterocycles. The highest BCUT2D eigenvalue weighted by molar-refractivity contribution is 5.88. The Balaban J connectivity index is 1.34. The van der Waals surface area contributed by atoms with E-state index in [0.29, 0.717) is 12.2 Å². The van der Waals surface area contributed by atoms with Crippen molar-refractivity contribution in [2.24, 2.45) is 0 Å². The van der Waals surface area contributed by atoms with Crippen LogP contribution in [0.5, 0.6) is 0 Å². The van der Waals surface area contributed by atoms with Crippen LogP contribution in [-0.2, 0) is 24.1 Å². The number of aromatic nitrogens is 5. The largest absolute Gasteiger partial charge is 0.435 e. The highest BCUT2D eigenvalue weighted by Gasteiger charge is 2.37. The first kappa shape index (κ1) is 20.1. The van der Waals surface area contributed by atoms with Crippen molar-refractivity contribution in [3.8, 4) is 0 Å². The fourth-order valence-electron chi connectivity index (χ4n) is 3.16. The molecule has 7 nitrogen and oxygen atoms in total. The molecule has 1 aromatic carbocycles. The van der Waals surface area contributed by atoms with Crippen molar-refractivity contribution in [2.75, 3.05) is 5.32 Å². The van der Waals surface area contributed by atoms with Crippen molar-refractivity contribution in [2.45, 2.75) is 51.4 Å². The molecule has 0 atom stereocenters. The normalized spacial score (nSPS) is 14.1. The van der Waals surface area contributed by atoms with Gasteiger partial charge in [0.05, 0.1) is 13.1 Å². The summed E-state index contributed by atoms with van der Waals surface area (Å²) in [6.45, 7) is 2.59. The maximum Gasteiger partial charge on any atom is 0.435 e. The van der Waals surface area contributed by atoms with E-state index in [2.05, 4.69) is 20.5 Å². The van der Waals surface area contributed by atoms with Gasteiger partial charge in [-0.05, 0) is 31.4 Å². The van der Waals surface area contributed by atoms with Gasteiger partial charge >= 0.3 is 6.18 Å². The van der Waals surface area contributed by atoms with Crippen LogP contribution in [0.15, 0.2) is 36.7 Å². The molecule has 1 aliphatic rings. The fraction of sp³-hybridized carbons (Fsp3) is 0.400. The second-order valence-electron chi connectivity index (χ2n) is 7.50. The van der Waals surface area contributed by atoms with E-state index in [1.807, 2.05) is 31.2 Å². The average Bonchev–Trinajstić information content (AvgIpc) is 3.28. The number of hydrogen-bond donors (Lipinski definition) is 1. The zero-order valence-corrected chi connectivity index (χ0v) is 16.4. The summed E-state index contributed by atoms with van der Waals surface area (Å²) in [6.07, 6.45) is -1.31. The van der Waals surface area contributed by atoms with Gasteiger partial charge in [-0.3, -0.25) is 14.8 Å². The number of aryl methyl sites for hydroxylation is 2. The molecule has 0 bridgehead atoms. The number of alkyl halides is 3. The standard InChI is InChI=1S/C20H21F3N6O/c1-13-2-4-14(5-3-13)11-28-12-24-19(27-28)25-18(30)8-9-29-16(15-6-7-15)10-17(26-29)20(21,22)23/h2-5,10,12,15H,6-9,11H2,1H3,(H,25,27,30). The fourth-order valence-corrected chi connectivity index (χ4v) is 3.16. The second-order valence-corrected chi connectivity index (χ2v) is 7.50. The molecule has 10 heteroatoms. The lowest BCUT2D eigenvalue weighted by Gasteiger charge is -2.06. The summed E-state index contributed by atoms with van der Waals surface area (Å²) in [7, 11) is 0. The van der Waals surface area contributed by atoms with E-state index in [4.69, 9.17) is 0 Å². The molecule has 1 amide bonds. The van der Waals surface area contributed by atoms with Gasteiger partial charge in [-0.2, -0.15) is 18.3 Å². The first-order valence-corrected chi connectivity index (χ1v) is 9.68. The van der Waals surface area contributed by atoms with Gasteiger partial charge in [0, 0.05) is 18.0 Å². The van der Waals surface area contributed by atoms with E-state index in [9.17, 15) is 18.0 Å². The monoisotopic (exact) mass is 418 g/mol. The number of hydrogen-bond acceptors (Lipinski definition) is 4. The molecule has 158 valence electrons. The minimum absolute atomic E-state index is 0.0226. The predicted molar refractivity (Wildman–Crippen MR) is 103 cm³/mol. The topological polar surface area (TPSA) is 77.6 Å². The molecule has 0 saturated heterocycles. The smallest absolute Gasteiger partial charge is 0.293 e. The predicted octanol–water partition coefficient (Wildman–Crippen LogP) is 3.76. The molecule has 2 aromatic heterocycles. The number of carbonyl (C=O) groups is 1. The van der Waals surface area contributed by atoms with Crippen LogP contribution in [0.25, 0.3) is 0 Å². The van der Waals surface area contributed by atoms with Crippen LogP contribution in [0.1, 0.15) is 47.7 Å². The Labute approximate surface area is 170 Å². The number of nitrogens with one attached hydrogen (secondary N) is 1. The summed E-state index contributed by atoms with van der Waals surface area (Å²) in [5.41, 5.74) is 1.83. The van der Waals surface area contributed by atoms with Gasteiger partial charge in [0.25, 0.3) is 0 Å². The first-order valence-electron chi connectivity index (χ1n) is 9.68. The lowest BCUT2D eigenvalue weighted by Crippen LogP contribution is -2.17. The van der Waals surface area contributed by atoms with Crippen LogP contribution in [0.4, 0.5) is 19.1 Å². The number of anilines is 1. The van der Waals surface area contributed by atoms with Crippen LogP contribution in [0.2, 0.25) is 0 Å². The van der Waals surface area contributed by atoms with Crippen molar-refractivity contribution < 1.29 is 18.0 Å². The lowest BCUT2D eigenvalue weighted by atomic mass is 10.1. The summed E-state index contributed by atoms with van der Waals surface area (Å²) in [5.74, 6) is -0.129. The molecule has 0 unspecified atom stereocenters. The third-order valence-electron chi connectivity index (χ3n) is 4.90. The molecule has 0 spiro atoms. The highest BCUT2D eigenvalue weighted by Crippen LogP contribution is 2.42. The van der Waals surface area contributed by atoms with Crippen molar-refractivity contribution in [3.63, 3.8) is 0 Å². The SMILES string of the molecule is Cc1ccc(Cn2cnc(NC(=O)CCn3nc(C(F)(F)F)cc3C3CC3)n2)cc1. The van der Waals surface area contributed by atoms with Gasteiger partial charge in [0.15, 0.2) is 5.69 Å². The quantitative estimate of drug-likeness (QED) is 0.634. The molecule has 2 heterocycles. The molecule has 1 aliphatic carbocycles. The van der Waals surface area contributed by atoms with E-state index in [1.54, 1.807) is 4.68 Å². The first-order chi connectivity index (χ1) is 14.3. The maximum absolute atomic E-state index is 13.0. The minimum Gasteiger partial charge on any atom is -0.293 e. The van der Waals surface area contributed by atoms with Gasteiger partial charge in [0.2, 0.25) is 11.9 Å². The number of nitrogens with zero attached hydrogens (tertiary/aromatic N) is 5. The van der Waals surface area contributed by atoms with E-state index in [1.165, 1.54) is 11.0 Å². The zero-order valence-electron chi connectivity index (χ0n) is 16.4. The lowest BCUT2D eigenvalue weighted by molar-refractivity contribution is -0.141. The summed E-state index contributed by atoms with van der Waals surface area (Å²) < 4.78 is 41.8. The van der Waals surface area contributed by atoms with Crippen LogP contribution in [0.3, 0.4) is 0 Å². The Bertz CT molecular complexity index is 1030. The van der Waals surface area contributed by atoms with Gasteiger partial charge in [-0.25, -0.2) is 9.67 Å². The number of rotatable bonds is 7. The van der Waals surface area contributed by atoms with Crippen molar-refractivity contribution in [1.29, 1.82) is 0 Å². The Morgan fingerprint density at radius 1 is 1.20 bits per heavy atom. The van der Waals surface area contributed by atoms with Crippen LogP contribution in [-0.4, -0.2) is 30.5 Å². The van der Waals surface area contributed by atoms with E-state index in [0.717, 1.165) is 30.0 Å². The molecule has 1 fully saturated rings. The minimum atomic E-state index is -4.49. The van der Waals surface area contributed by atoms with Gasteiger partial charge in [-0.1, -0.05) is 29.8 Å². The third-order valence-corrected chi connectivity index (χ3v) is 4.90. The van der Waals surface area contributed by atoms with E-state index in [-0.39, 0.29) is 30.7 Å². The Hall–Kier alpha value is -3.17. The Kier molecular flexibility index (Phi) is 5.31. The van der Waals surface area contributed by atoms with Gasteiger partial charge in [0.1, 0.15) is 6.33 Å². The third kappa shape index (κ3) is 4.87. The second kappa shape index (κ2) is 7.92. The van der Waals surface area contributed by atoms with Crippen molar-refractivity contribution in [3.05, 3.63) is 59.2 Å². The van der Waals surface area contributed by atoms with E-state index < -0.39 is 11.9 Å². The van der Waals surface area contributed by atoms with Crippen molar-refractivity contribution in [1.82, 2.24) is 24.5 Å². The molecule has 1 saturated carbocycles.